The summed E-state index contributed by atoms with van der Waals surface area (Å²) in [6, 6.07) is 15.5. The van der Waals surface area contributed by atoms with E-state index in [-0.39, 0.29) is 5.97 Å². The van der Waals surface area contributed by atoms with Crippen molar-refractivity contribution < 1.29 is 9.53 Å². The quantitative estimate of drug-likeness (QED) is 0.318. The van der Waals surface area contributed by atoms with Gasteiger partial charge in [-0.1, -0.05) is 30.2 Å². The molecule has 0 aliphatic heterocycles. The van der Waals surface area contributed by atoms with Crippen LogP contribution in [0.3, 0.4) is 0 Å². The van der Waals surface area contributed by atoms with Crippen LogP contribution in [0, 0.1) is 11.8 Å². The summed E-state index contributed by atoms with van der Waals surface area (Å²) >= 11 is 0. The Morgan fingerprint density at radius 1 is 1.15 bits per heavy atom. The first-order valence-corrected chi connectivity index (χ1v) is 8.17. The van der Waals surface area contributed by atoms with Crippen molar-refractivity contribution in [3.05, 3.63) is 66.6 Å². The van der Waals surface area contributed by atoms with Crippen LogP contribution < -0.4 is 4.74 Å². The fourth-order valence-corrected chi connectivity index (χ4v) is 2.87. The van der Waals surface area contributed by atoms with Crippen LogP contribution in [0.25, 0.3) is 21.7 Å². The molecule has 0 atom stereocenters. The van der Waals surface area contributed by atoms with Crippen LogP contribution in [0.1, 0.15) is 12.6 Å². The number of aromatic nitrogens is 3. The second-order valence-corrected chi connectivity index (χ2v) is 5.84. The largest absolute Gasteiger partial charge is 0.427 e. The molecule has 0 aliphatic carbocycles. The Morgan fingerprint density at radius 3 is 2.92 bits per heavy atom. The molecule has 0 N–H and O–H groups in total. The van der Waals surface area contributed by atoms with Crippen molar-refractivity contribution >= 4 is 27.6 Å². The van der Waals surface area contributed by atoms with Gasteiger partial charge in [-0.2, -0.15) is 5.10 Å². The van der Waals surface area contributed by atoms with Gasteiger partial charge in [-0.3, -0.25) is 4.79 Å². The SMILES string of the molecule is CC(=O)Oc1ccc2c(ccn2CC#Cc2nncc3ccccc23)c1. The van der Waals surface area contributed by atoms with Crippen LogP contribution >= 0.6 is 0 Å². The summed E-state index contributed by atoms with van der Waals surface area (Å²) in [6.07, 6.45) is 3.70. The number of carbonyl (C=O) groups excluding carboxylic acids is 1. The maximum absolute atomic E-state index is 11.1. The average molecular weight is 341 g/mol. The van der Waals surface area contributed by atoms with Crippen molar-refractivity contribution in [1.82, 2.24) is 14.8 Å². The van der Waals surface area contributed by atoms with Crippen LogP contribution in [0.15, 0.2) is 60.9 Å². The third-order valence-corrected chi connectivity index (χ3v) is 4.03. The Balaban J connectivity index is 1.61. The standard InChI is InChI=1S/C21H15N3O2/c1-15(25)26-18-8-9-21-16(13-18)10-12-24(21)11-4-7-20-19-6-3-2-5-17(19)14-22-23-20/h2-3,5-6,8-10,12-14H,11H2,1H3. The highest BCUT2D eigenvalue weighted by Gasteiger charge is 2.04. The normalized spacial score (nSPS) is 10.5. The Hall–Kier alpha value is -3.65. The molecule has 0 radical (unpaired) electrons. The van der Waals surface area contributed by atoms with Crippen LogP contribution in [0.4, 0.5) is 0 Å². The van der Waals surface area contributed by atoms with Crippen molar-refractivity contribution in [2.75, 3.05) is 0 Å². The number of rotatable bonds is 2. The number of benzene rings is 2. The zero-order valence-corrected chi connectivity index (χ0v) is 14.1. The van der Waals surface area contributed by atoms with Crippen LogP contribution in [0.2, 0.25) is 0 Å². The minimum atomic E-state index is -0.328. The molecule has 0 saturated heterocycles. The minimum absolute atomic E-state index is 0.328. The highest BCUT2D eigenvalue weighted by Crippen LogP contribution is 2.22. The molecule has 0 spiro atoms. The topological polar surface area (TPSA) is 57.0 Å². The second-order valence-electron chi connectivity index (χ2n) is 5.84. The van der Waals surface area contributed by atoms with Gasteiger partial charge in [0.15, 0.2) is 0 Å². The van der Waals surface area contributed by atoms with Crippen LogP contribution in [0.5, 0.6) is 5.75 Å². The molecule has 2 aromatic carbocycles. The first-order chi connectivity index (χ1) is 12.7. The van der Waals surface area contributed by atoms with Crippen LogP contribution in [-0.2, 0) is 11.3 Å². The number of hydrogen-bond donors (Lipinski definition) is 0. The molecule has 0 amide bonds. The van der Waals surface area contributed by atoms with Gasteiger partial charge in [0.25, 0.3) is 0 Å². The van der Waals surface area contributed by atoms with Crippen molar-refractivity contribution in [2.24, 2.45) is 0 Å². The zero-order chi connectivity index (χ0) is 17.9. The highest BCUT2D eigenvalue weighted by molar-refractivity contribution is 5.86. The molecule has 0 saturated carbocycles. The molecule has 4 rings (SSSR count). The maximum atomic E-state index is 11.1. The summed E-state index contributed by atoms with van der Waals surface area (Å²) in [5.74, 6) is 6.49. The van der Waals surface area contributed by atoms with E-state index in [2.05, 4.69) is 22.0 Å². The van der Waals surface area contributed by atoms with Gasteiger partial charge in [-0.25, -0.2) is 0 Å². The van der Waals surface area contributed by atoms with Crippen molar-refractivity contribution in [3.63, 3.8) is 0 Å². The van der Waals surface area contributed by atoms with Crippen molar-refractivity contribution in [1.29, 1.82) is 0 Å². The molecular weight excluding hydrogens is 326 g/mol. The lowest BCUT2D eigenvalue weighted by atomic mass is 10.1. The summed E-state index contributed by atoms with van der Waals surface area (Å²) < 4.78 is 7.16. The van der Waals surface area contributed by atoms with Gasteiger partial charge in [0.05, 0.1) is 12.7 Å². The fraction of sp³-hybridized carbons (Fsp3) is 0.0952. The molecule has 126 valence electrons. The third-order valence-electron chi connectivity index (χ3n) is 4.03. The second kappa shape index (κ2) is 6.69. The van der Waals surface area contributed by atoms with E-state index < -0.39 is 0 Å². The van der Waals surface area contributed by atoms with Gasteiger partial charge in [-0.15, -0.1) is 5.10 Å². The Kier molecular flexibility index (Phi) is 4.08. The monoisotopic (exact) mass is 341 g/mol. The van der Waals surface area contributed by atoms with Gasteiger partial charge >= 0.3 is 5.97 Å². The summed E-state index contributed by atoms with van der Waals surface area (Å²) in [4.78, 5) is 11.1. The Labute approximate surface area is 150 Å². The summed E-state index contributed by atoms with van der Waals surface area (Å²) in [7, 11) is 0. The lowest BCUT2D eigenvalue weighted by molar-refractivity contribution is -0.131. The van der Waals surface area contributed by atoms with Crippen molar-refractivity contribution in [3.8, 4) is 17.6 Å². The average Bonchev–Trinajstić information content (AvgIpc) is 3.04. The molecule has 0 aliphatic rings. The molecule has 5 heteroatoms. The number of hydrogen-bond acceptors (Lipinski definition) is 4. The van der Waals surface area contributed by atoms with E-state index in [1.54, 1.807) is 12.3 Å². The molecule has 4 aromatic rings. The highest BCUT2D eigenvalue weighted by atomic mass is 16.5. The lowest BCUT2D eigenvalue weighted by Gasteiger charge is -2.03. The van der Waals surface area contributed by atoms with Gasteiger partial charge in [-0.05, 0) is 30.2 Å². The smallest absolute Gasteiger partial charge is 0.308 e. The first-order valence-electron chi connectivity index (χ1n) is 8.17. The summed E-state index contributed by atoms with van der Waals surface area (Å²) in [6.45, 7) is 1.92. The van der Waals surface area contributed by atoms with E-state index >= 15 is 0 Å². The van der Waals surface area contributed by atoms with Gasteiger partial charge < -0.3 is 9.30 Å². The van der Waals surface area contributed by atoms with E-state index in [1.165, 1.54) is 6.92 Å². The van der Waals surface area contributed by atoms with E-state index in [9.17, 15) is 4.79 Å². The van der Waals surface area contributed by atoms with E-state index in [1.807, 2.05) is 53.2 Å². The van der Waals surface area contributed by atoms with Gasteiger partial charge in [0.1, 0.15) is 11.4 Å². The molecular formula is C21H15N3O2. The number of ether oxygens (including phenoxy) is 1. The fourth-order valence-electron chi connectivity index (χ4n) is 2.87. The van der Waals surface area contributed by atoms with E-state index in [0.717, 1.165) is 21.7 Å². The van der Waals surface area contributed by atoms with Crippen LogP contribution in [-0.4, -0.2) is 20.7 Å². The minimum Gasteiger partial charge on any atom is -0.427 e. The zero-order valence-electron chi connectivity index (χ0n) is 14.1. The molecule has 0 bridgehead atoms. The van der Waals surface area contributed by atoms with E-state index in [4.69, 9.17) is 4.74 Å². The predicted molar refractivity (Wildman–Crippen MR) is 99.7 cm³/mol. The summed E-state index contributed by atoms with van der Waals surface area (Å²) in [5.41, 5.74) is 1.70. The molecule has 2 aromatic heterocycles. The number of carbonyl (C=O) groups is 1. The molecule has 0 unspecified atom stereocenters. The van der Waals surface area contributed by atoms with E-state index in [0.29, 0.717) is 18.0 Å². The van der Waals surface area contributed by atoms with Crippen molar-refractivity contribution in [2.45, 2.75) is 13.5 Å². The molecule has 2 heterocycles. The van der Waals surface area contributed by atoms with Gasteiger partial charge in [0, 0.05) is 34.8 Å². The Morgan fingerprint density at radius 2 is 2.04 bits per heavy atom. The van der Waals surface area contributed by atoms with Gasteiger partial charge in [0.2, 0.25) is 0 Å². The maximum Gasteiger partial charge on any atom is 0.308 e. The molecule has 26 heavy (non-hydrogen) atoms. The predicted octanol–water partition coefficient (Wildman–Crippen LogP) is 3.56. The number of esters is 1. The Bertz CT molecular complexity index is 1180. The molecule has 0 fully saturated rings. The third kappa shape index (κ3) is 3.13. The molecule has 5 nitrogen and oxygen atoms in total. The first kappa shape index (κ1) is 15.9. The lowest BCUT2D eigenvalue weighted by Crippen LogP contribution is -2.01. The summed E-state index contributed by atoms with van der Waals surface area (Å²) in [5, 5.41) is 11.2. The number of fused-ring (bicyclic) bond motifs is 2. The number of nitrogens with zero attached hydrogens (tertiary/aromatic N) is 3.